The molecule has 0 aliphatic carbocycles. The Balaban J connectivity index is 1.52. The second-order valence-corrected chi connectivity index (χ2v) is 9.49. The van der Waals surface area contributed by atoms with Gasteiger partial charge in [-0.1, -0.05) is 73.3 Å². The zero-order chi connectivity index (χ0) is 27.5. The van der Waals surface area contributed by atoms with Crippen LogP contribution in [0.2, 0.25) is 0 Å². The van der Waals surface area contributed by atoms with Crippen molar-refractivity contribution < 1.29 is 4.74 Å². The zero-order valence-corrected chi connectivity index (χ0v) is 22.5. The van der Waals surface area contributed by atoms with E-state index in [4.69, 9.17) is 10.6 Å². The zero-order valence-electron chi connectivity index (χ0n) is 22.5. The number of rotatable bonds is 12. The number of nitrogens with zero attached hydrogens (tertiary/aromatic N) is 4. The van der Waals surface area contributed by atoms with E-state index in [-0.39, 0.29) is 12.6 Å². The lowest BCUT2D eigenvalue weighted by Crippen LogP contribution is -2.53. The van der Waals surface area contributed by atoms with Gasteiger partial charge in [-0.2, -0.15) is 0 Å². The number of nitrogens with two attached hydrogens (primary N) is 1. The van der Waals surface area contributed by atoms with Crippen LogP contribution >= 0.6 is 0 Å². The molecule has 0 aromatic heterocycles. The van der Waals surface area contributed by atoms with Crippen molar-refractivity contribution in [2.24, 2.45) is 10.8 Å². The van der Waals surface area contributed by atoms with Crippen LogP contribution in [0.5, 0.6) is 5.75 Å². The molecule has 0 radical (unpaired) electrons. The Morgan fingerprint density at radius 2 is 1.69 bits per heavy atom. The summed E-state index contributed by atoms with van der Waals surface area (Å²) in [4.78, 5) is 8.73. The molecule has 0 amide bonds. The van der Waals surface area contributed by atoms with Crippen LogP contribution in [0.25, 0.3) is 0 Å². The third-order valence-corrected chi connectivity index (χ3v) is 6.93. The van der Waals surface area contributed by atoms with E-state index in [1.165, 1.54) is 11.3 Å². The Hall–Kier alpha value is -4.20. The Morgan fingerprint density at radius 3 is 2.36 bits per heavy atom. The minimum atomic E-state index is -0.298. The minimum absolute atomic E-state index is 0.289. The van der Waals surface area contributed by atoms with Gasteiger partial charge in [0.25, 0.3) is 0 Å². The van der Waals surface area contributed by atoms with Gasteiger partial charge in [0.2, 0.25) is 0 Å². The van der Waals surface area contributed by atoms with Crippen LogP contribution < -0.4 is 15.5 Å². The van der Waals surface area contributed by atoms with Gasteiger partial charge in [0, 0.05) is 38.4 Å². The quantitative estimate of drug-likeness (QED) is 0.114. The predicted octanol–water partition coefficient (Wildman–Crippen LogP) is 5.09. The van der Waals surface area contributed by atoms with Crippen molar-refractivity contribution in [2.75, 3.05) is 44.2 Å². The fraction of sp³-hybridized carbons (Fsp3) is 0.250. The Kier molecular flexibility index (Phi) is 10.1. The smallest absolute Gasteiger partial charge is 0.132 e. The highest BCUT2D eigenvalue weighted by Crippen LogP contribution is 2.29. The monoisotopic (exact) mass is 522 g/mol. The SMILES string of the molecule is C=C/C=C(/COc1cccc(C(C(=N)N(N)CCc2ccccc2)N2CCN(c3ccccc3)CC2)c1)N=C. The highest BCUT2D eigenvalue weighted by molar-refractivity contribution is 5.85. The standard InChI is InChI=1S/C32H38N6O/c1-3-11-28(35-2)25-39-30-17-10-14-27(24-30)31(32(33)38(34)19-18-26-12-6-4-7-13-26)37-22-20-36(21-23-37)29-15-8-5-9-16-29/h3-17,24,31,33H,1-2,18-23,25,34H2/b28-11-,33-32?. The van der Waals surface area contributed by atoms with Gasteiger partial charge in [-0.3, -0.25) is 20.3 Å². The Labute approximate surface area is 232 Å². The van der Waals surface area contributed by atoms with Crippen molar-refractivity contribution in [2.45, 2.75) is 12.5 Å². The summed E-state index contributed by atoms with van der Waals surface area (Å²) in [5.41, 5.74) is 4.09. The van der Waals surface area contributed by atoms with Crippen LogP contribution in [-0.4, -0.2) is 61.8 Å². The van der Waals surface area contributed by atoms with Crippen molar-refractivity contribution in [3.63, 3.8) is 0 Å². The van der Waals surface area contributed by atoms with Crippen molar-refractivity contribution in [3.05, 3.63) is 120 Å². The summed E-state index contributed by atoms with van der Waals surface area (Å²) in [6, 6.07) is 28.4. The molecule has 1 aliphatic heterocycles. The molecule has 7 nitrogen and oxygen atoms in total. The first kappa shape index (κ1) is 27.8. The van der Waals surface area contributed by atoms with Gasteiger partial charge in [-0.25, -0.2) is 5.84 Å². The van der Waals surface area contributed by atoms with Crippen LogP contribution in [0.4, 0.5) is 5.69 Å². The molecule has 1 aliphatic rings. The number of anilines is 1. The average Bonchev–Trinajstić information content (AvgIpc) is 2.99. The molecule has 1 heterocycles. The minimum Gasteiger partial charge on any atom is -0.487 e. The number of nitrogens with one attached hydrogen (secondary N) is 1. The molecule has 1 unspecified atom stereocenters. The third-order valence-electron chi connectivity index (χ3n) is 6.93. The predicted molar refractivity (Wildman–Crippen MR) is 162 cm³/mol. The van der Waals surface area contributed by atoms with Crippen LogP contribution in [-0.2, 0) is 6.42 Å². The molecule has 3 N–H and O–H groups in total. The molecular formula is C32H38N6O. The van der Waals surface area contributed by atoms with E-state index in [9.17, 15) is 5.41 Å². The molecule has 0 spiro atoms. The lowest BCUT2D eigenvalue weighted by molar-refractivity contribution is 0.213. The number of benzene rings is 3. The van der Waals surface area contributed by atoms with Crippen LogP contribution in [0, 0.1) is 5.41 Å². The number of hydrogen-bond donors (Lipinski definition) is 2. The molecule has 4 rings (SSSR count). The molecule has 3 aromatic rings. The van der Waals surface area contributed by atoms with Gasteiger partial charge in [-0.15, -0.1) is 0 Å². The maximum absolute atomic E-state index is 9.19. The second-order valence-electron chi connectivity index (χ2n) is 9.49. The number of ether oxygens (including phenoxy) is 1. The molecule has 3 aromatic carbocycles. The molecule has 1 fully saturated rings. The van der Waals surface area contributed by atoms with E-state index >= 15 is 0 Å². The fourth-order valence-electron chi connectivity index (χ4n) is 4.80. The van der Waals surface area contributed by atoms with E-state index in [1.54, 1.807) is 17.2 Å². The lowest BCUT2D eigenvalue weighted by atomic mass is 10.0. The van der Waals surface area contributed by atoms with E-state index in [1.807, 2.05) is 48.5 Å². The van der Waals surface area contributed by atoms with Gasteiger partial charge < -0.3 is 9.64 Å². The first-order chi connectivity index (χ1) is 19.1. The fourth-order valence-corrected chi connectivity index (χ4v) is 4.80. The molecule has 1 atom stereocenters. The molecule has 1 saturated heterocycles. The average molecular weight is 523 g/mol. The van der Waals surface area contributed by atoms with E-state index in [0.717, 1.165) is 38.2 Å². The molecule has 202 valence electrons. The van der Waals surface area contributed by atoms with Crippen molar-refractivity contribution in [3.8, 4) is 5.75 Å². The van der Waals surface area contributed by atoms with Crippen molar-refractivity contribution in [1.82, 2.24) is 9.91 Å². The van der Waals surface area contributed by atoms with Crippen molar-refractivity contribution in [1.29, 1.82) is 5.41 Å². The Bertz CT molecular complexity index is 1250. The number of allylic oxidation sites excluding steroid dienone is 2. The Morgan fingerprint density at radius 1 is 1.00 bits per heavy atom. The van der Waals surface area contributed by atoms with Crippen LogP contribution in [0.1, 0.15) is 17.2 Å². The first-order valence-corrected chi connectivity index (χ1v) is 13.3. The lowest BCUT2D eigenvalue weighted by Gasteiger charge is -2.41. The summed E-state index contributed by atoms with van der Waals surface area (Å²) in [6.45, 7) is 11.5. The summed E-state index contributed by atoms with van der Waals surface area (Å²) in [5.74, 6) is 7.60. The van der Waals surface area contributed by atoms with Crippen LogP contribution in [0.3, 0.4) is 0 Å². The number of amidine groups is 1. The summed E-state index contributed by atoms with van der Waals surface area (Å²) in [7, 11) is 0. The number of piperazine rings is 1. The van der Waals surface area contributed by atoms with Gasteiger partial charge in [0.1, 0.15) is 18.2 Å². The maximum atomic E-state index is 9.19. The molecule has 0 saturated carbocycles. The largest absolute Gasteiger partial charge is 0.487 e. The summed E-state index contributed by atoms with van der Waals surface area (Å²) >= 11 is 0. The van der Waals surface area contributed by atoms with Gasteiger partial charge in [-0.05, 0) is 54.6 Å². The summed E-state index contributed by atoms with van der Waals surface area (Å²) < 4.78 is 6.02. The van der Waals surface area contributed by atoms with Gasteiger partial charge in [0.05, 0.1) is 11.7 Å². The topological polar surface area (TPSA) is 81.2 Å². The second kappa shape index (κ2) is 14.1. The number of hydrazine groups is 1. The third kappa shape index (κ3) is 7.66. The molecule has 7 heteroatoms. The molecule has 39 heavy (non-hydrogen) atoms. The van der Waals surface area contributed by atoms with Gasteiger partial charge in [0.15, 0.2) is 0 Å². The van der Waals surface area contributed by atoms with Crippen LogP contribution in [0.15, 0.2) is 114 Å². The maximum Gasteiger partial charge on any atom is 0.132 e. The highest BCUT2D eigenvalue weighted by atomic mass is 16.5. The first-order valence-electron chi connectivity index (χ1n) is 13.3. The van der Waals surface area contributed by atoms with E-state index in [2.05, 4.69) is 64.5 Å². The number of hydrogen-bond acceptors (Lipinski definition) is 6. The van der Waals surface area contributed by atoms with Gasteiger partial charge >= 0.3 is 0 Å². The summed E-state index contributed by atoms with van der Waals surface area (Å²) in [6.07, 6.45) is 4.21. The molecule has 0 bridgehead atoms. The molecular weight excluding hydrogens is 484 g/mol. The summed E-state index contributed by atoms with van der Waals surface area (Å²) in [5, 5.41) is 10.8. The number of para-hydroxylation sites is 1. The highest BCUT2D eigenvalue weighted by Gasteiger charge is 2.30. The van der Waals surface area contributed by atoms with E-state index in [0.29, 0.717) is 23.8 Å². The van der Waals surface area contributed by atoms with E-state index < -0.39 is 0 Å². The number of aliphatic imine (C=N–C) groups is 1. The normalized spacial score (nSPS) is 14.9. The van der Waals surface area contributed by atoms with Crippen molar-refractivity contribution >= 4 is 18.2 Å².